The maximum atomic E-state index is 12.0. The van der Waals surface area contributed by atoms with Gasteiger partial charge in [-0.25, -0.2) is 10.4 Å². The van der Waals surface area contributed by atoms with E-state index >= 15 is 0 Å². The molecule has 25 heavy (non-hydrogen) atoms. The van der Waals surface area contributed by atoms with Gasteiger partial charge in [-0.3, -0.25) is 4.79 Å². The summed E-state index contributed by atoms with van der Waals surface area (Å²) in [6.45, 7) is 0.123. The van der Waals surface area contributed by atoms with Crippen LogP contribution in [-0.4, -0.2) is 30.8 Å². The largest absolute Gasteiger partial charge is 0.493 e. The molecular weight excluding hydrogens is 410 g/mol. The molecule has 1 heterocycles. The zero-order chi connectivity index (χ0) is 18.2. The predicted molar refractivity (Wildman–Crippen MR) is 99.3 cm³/mol. The van der Waals surface area contributed by atoms with Crippen LogP contribution < -0.4 is 14.9 Å². The zero-order valence-corrected chi connectivity index (χ0v) is 15.5. The molecule has 2 rings (SSSR count). The number of hydrogen-bond donors (Lipinski definition) is 1. The van der Waals surface area contributed by atoms with Crippen LogP contribution in [0.15, 0.2) is 40.0 Å². The molecule has 128 valence electrons. The second-order valence-electron chi connectivity index (χ2n) is 4.56. The van der Waals surface area contributed by atoms with Crippen molar-refractivity contribution >= 4 is 39.7 Å². The lowest BCUT2D eigenvalue weighted by Crippen LogP contribution is -2.18. The Morgan fingerprint density at radius 1 is 1.52 bits per heavy atom. The Balaban J connectivity index is 2.14. The van der Waals surface area contributed by atoms with Crippen molar-refractivity contribution in [2.45, 2.75) is 0 Å². The SMILES string of the molecule is C#CCOc1cc(Br)c(C=NNC(=O)c2cccnc2Cl)cc1OC. The Morgan fingerprint density at radius 2 is 2.32 bits per heavy atom. The number of carbonyl (C=O) groups is 1. The molecular formula is C17H13BrClN3O3. The molecule has 2 aromatic rings. The summed E-state index contributed by atoms with van der Waals surface area (Å²) in [5.74, 6) is 2.90. The highest BCUT2D eigenvalue weighted by molar-refractivity contribution is 9.10. The minimum absolute atomic E-state index is 0.105. The minimum Gasteiger partial charge on any atom is -0.493 e. The van der Waals surface area contributed by atoms with Crippen molar-refractivity contribution < 1.29 is 14.3 Å². The summed E-state index contributed by atoms with van der Waals surface area (Å²) in [5, 5.41) is 4.02. The van der Waals surface area contributed by atoms with Crippen LogP contribution in [0, 0.1) is 12.3 Å². The van der Waals surface area contributed by atoms with Crippen LogP contribution in [0.25, 0.3) is 0 Å². The van der Waals surface area contributed by atoms with Crippen LogP contribution in [0.4, 0.5) is 0 Å². The lowest BCUT2D eigenvalue weighted by atomic mass is 10.2. The molecule has 0 atom stereocenters. The van der Waals surface area contributed by atoms with Crippen molar-refractivity contribution in [3.63, 3.8) is 0 Å². The van der Waals surface area contributed by atoms with E-state index in [2.05, 4.69) is 37.4 Å². The lowest BCUT2D eigenvalue weighted by molar-refractivity contribution is 0.0955. The molecule has 1 aromatic carbocycles. The zero-order valence-electron chi connectivity index (χ0n) is 13.1. The highest BCUT2D eigenvalue weighted by Gasteiger charge is 2.11. The Morgan fingerprint density at radius 3 is 3.00 bits per heavy atom. The van der Waals surface area contributed by atoms with Gasteiger partial charge in [0.05, 0.1) is 18.9 Å². The van der Waals surface area contributed by atoms with Gasteiger partial charge in [-0.2, -0.15) is 5.10 Å². The highest BCUT2D eigenvalue weighted by atomic mass is 79.9. The van der Waals surface area contributed by atoms with Gasteiger partial charge in [-0.1, -0.05) is 17.5 Å². The molecule has 0 spiro atoms. The molecule has 8 heteroatoms. The Hall–Kier alpha value is -2.56. The molecule has 1 aromatic heterocycles. The summed E-state index contributed by atoms with van der Waals surface area (Å²) in [4.78, 5) is 15.8. The molecule has 0 radical (unpaired) electrons. The highest BCUT2D eigenvalue weighted by Crippen LogP contribution is 2.32. The molecule has 0 aliphatic rings. The lowest BCUT2D eigenvalue weighted by Gasteiger charge is -2.10. The van der Waals surface area contributed by atoms with E-state index in [0.29, 0.717) is 21.5 Å². The number of pyridine rings is 1. The van der Waals surface area contributed by atoms with Gasteiger partial charge < -0.3 is 9.47 Å². The van der Waals surface area contributed by atoms with Gasteiger partial charge in [0.1, 0.15) is 11.8 Å². The topological polar surface area (TPSA) is 72.8 Å². The monoisotopic (exact) mass is 421 g/mol. The number of ether oxygens (including phenoxy) is 2. The van der Waals surface area contributed by atoms with E-state index in [-0.39, 0.29) is 17.3 Å². The third kappa shape index (κ3) is 4.95. The van der Waals surface area contributed by atoms with E-state index in [1.807, 2.05) is 0 Å². The van der Waals surface area contributed by atoms with Gasteiger partial charge >= 0.3 is 0 Å². The van der Waals surface area contributed by atoms with Crippen LogP contribution in [-0.2, 0) is 0 Å². The number of amides is 1. The number of nitrogens with one attached hydrogen (secondary N) is 1. The minimum atomic E-state index is -0.466. The van der Waals surface area contributed by atoms with Gasteiger partial charge in [-0.15, -0.1) is 6.42 Å². The fourth-order valence-electron chi connectivity index (χ4n) is 1.82. The summed E-state index contributed by atoms with van der Waals surface area (Å²) in [6, 6.07) is 6.57. The van der Waals surface area contributed by atoms with E-state index in [1.165, 1.54) is 19.5 Å². The molecule has 0 fully saturated rings. The van der Waals surface area contributed by atoms with Crippen molar-refractivity contribution in [2.75, 3.05) is 13.7 Å². The average Bonchev–Trinajstić information content (AvgIpc) is 2.61. The van der Waals surface area contributed by atoms with Crippen molar-refractivity contribution in [1.82, 2.24) is 10.4 Å². The van der Waals surface area contributed by atoms with Crippen LogP contribution in [0.5, 0.6) is 11.5 Å². The van der Waals surface area contributed by atoms with Crippen molar-refractivity contribution in [2.24, 2.45) is 5.10 Å². The number of terminal acetylenes is 1. The fourth-order valence-corrected chi connectivity index (χ4v) is 2.45. The molecule has 0 bridgehead atoms. The third-order valence-electron chi connectivity index (χ3n) is 2.97. The van der Waals surface area contributed by atoms with Crippen molar-refractivity contribution in [3.8, 4) is 23.8 Å². The average molecular weight is 423 g/mol. The normalized spacial score (nSPS) is 10.3. The molecule has 6 nitrogen and oxygen atoms in total. The molecule has 0 unspecified atom stereocenters. The number of hydrogen-bond acceptors (Lipinski definition) is 5. The summed E-state index contributed by atoms with van der Waals surface area (Å²) in [7, 11) is 1.51. The molecule has 1 amide bonds. The molecule has 0 saturated heterocycles. The summed E-state index contributed by atoms with van der Waals surface area (Å²) < 4.78 is 11.4. The Bertz CT molecular complexity index is 850. The van der Waals surface area contributed by atoms with Crippen molar-refractivity contribution in [1.29, 1.82) is 0 Å². The first-order chi connectivity index (χ1) is 12.1. The number of nitrogens with zero attached hydrogens (tertiary/aromatic N) is 2. The van der Waals surface area contributed by atoms with Gasteiger partial charge in [0.15, 0.2) is 11.5 Å². The second kappa shape index (κ2) is 9.06. The second-order valence-corrected chi connectivity index (χ2v) is 5.77. The van der Waals surface area contributed by atoms with E-state index in [4.69, 9.17) is 27.5 Å². The van der Waals surface area contributed by atoms with E-state index in [9.17, 15) is 4.79 Å². The predicted octanol–water partition coefficient (Wildman–Crippen LogP) is 3.28. The Kier molecular flexibility index (Phi) is 6.81. The van der Waals surface area contributed by atoms with E-state index in [1.54, 1.807) is 24.3 Å². The maximum absolute atomic E-state index is 12.0. The number of benzene rings is 1. The first kappa shape index (κ1) is 18.8. The number of carbonyl (C=O) groups excluding carboxylic acids is 1. The number of halogens is 2. The fraction of sp³-hybridized carbons (Fsp3) is 0.118. The molecule has 1 N–H and O–H groups in total. The van der Waals surface area contributed by atoms with E-state index < -0.39 is 5.91 Å². The number of hydrazone groups is 1. The molecule has 0 saturated carbocycles. The van der Waals surface area contributed by atoms with Gasteiger partial charge in [-0.05, 0) is 40.2 Å². The Labute approximate surface area is 158 Å². The van der Waals surface area contributed by atoms with E-state index in [0.717, 1.165) is 0 Å². The van der Waals surface area contributed by atoms with Crippen LogP contribution in [0.3, 0.4) is 0 Å². The molecule has 0 aliphatic heterocycles. The van der Waals surface area contributed by atoms with Crippen LogP contribution in [0.1, 0.15) is 15.9 Å². The smallest absolute Gasteiger partial charge is 0.274 e. The summed E-state index contributed by atoms with van der Waals surface area (Å²) in [6.07, 6.45) is 8.14. The number of rotatable bonds is 6. The summed E-state index contributed by atoms with van der Waals surface area (Å²) >= 11 is 9.27. The first-order valence-corrected chi connectivity index (χ1v) is 8.11. The van der Waals surface area contributed by atoms with Gasteiger partial charge in [0.2, 0.25) is 0 Å². The third-order valence-corrected chi connectivity index (χ3v) is 3.96. The standard InChI is InChI=1S/C17H13BrClN3O3/c1-3-7-25-15-9-13(18)11(8-14(15)24-2)10-21-22-17(23)12-5-4-6-20-16(12)19/h1,4-6,8-10H,7H2,2H3,(H,22,23). The first-order valence-electron chi connectivity index (χ1n) is 6.94. The van der Waals surface area contributed by atoms with Gasteiger partial charge in [0, 0.05) is 16.2 Å². The number of aromatic nitrogens is 1. The van der Waals surface area contributed by atoms with Gasteiger partial charge in [0.25, 0.3) is 5.91 Å². The molecule has 0 aliphatic carbocycles. The van der Waals surface area contributed by atoms with Crippen LogP contribution >= 0.6 is 27.5 Å². The maximum Gasteiger partial charge on any atom is 0.274 e. The summed E-state index contributed by atoms with van der Waals surface area (Å²) in [5.41, 5.74) is 3.29. The van der Waals surface area contributed by atoms with Crippen molar-refractivity contribution in [3.05, 3.63) is 51.2 Å². The van der Waals surface area contributed by atoms with Crippen LogP contribution in [0.2, 0.25) is 5.15 Å². The number of methoxy groups -OCH3 is 1. The quantitative estimate of drug-likeness (QED) is 0.336.